The topological polar surface area (TPSA) is 52.1 Å². The van der Waals surface area contributed by atoms with Gasteiger partial charge in [-0.2, -0.15) is 0 Å². The SMILES string of the molecule is CN(C)CCc1ncc(CO)[nH]1. The fraction of sp³-hybridized carbons (Fsp3) is 0.625. The molecule has 0 radical (unpaired) electrons. The summed E-state index contributed by atoms with van der Waals surface area (Å²) >= 11 is 0. The lowest BCUT2D eigenvalue weighted by Crippen LogP contribution is -2.15. The third kappa shape index (κ3) is 2.64. The van der Waals surface area contributed by atoms with E-state index >= 15 is 0 Å². The molecule has 0 spiro atoms. The highest BCUT2D eigenvalue weighted by Gasteiger charge is 1.99. The third-order valence-corrected chi connectivity index (χ3v) is 1.65. The van der Waals surface area contributed by atoms with Gasteiger partial charge >= 0.3 is 0 Å². The molecule has 0 bridgehead atoms. The maximum atomic E-state index is 8.75. The van der Waals surface area contributed by atoms with Gasteiger partial charge in [0.05, 0.1) is 18.5 Å². The van der Waals surface area contributed by atoms with Crippen LogP contribution in [0.15, 0.2) is 6.20 Å². The first kappa shape index (κ1) is 9.22. The van der Waals surface area contributed by atoms with Gasteiger partial charge in [-0.05, 0) is 14.1 Å². The van der Waals surface area contributed by atoms with Gasteiger partial charge < -0.3 is 15.0 Å². The lowest BCUT2D eigenvalue weighted by molar-refractivity contribution is 0.277. The number of nitrogens with one attached hydrogen (secondary N) is 1. The van der Waals surface area contributed by atoms with Gasteiger partial charge in [0.2, 0.25) is 0 Å². The number of nitrogens with zero attached hydrogens (tertiary/aromatic N) is 2. The summed E-state index contributed by atoms with van der Waals surface area (Å²) in [7, 11) is 4.05. The first-order valence-electron chi connectivity index (χ1n) is 4.00. The average Bonchev–Trinajstić information content (AvgIpc) is 2.48. The Morgan fingerprint density at radius 2 is 2.33 bits per heavy atom. The molecular weight excluding hydrogens is 154 g/mol. The predicted octanol–water partition coefficient (Wildman–Crippen LogP) is 0.00610. The largest absolute Gasteiger partial charge is 0.390 e. The molecule has 4 nitrogen and oxygen atoms in total. The van der Waals surface area contributed by atoms with Crippen LogP contribution in [-0.4, -0.2) is 40.6 Å². The van der Waals surface area contributed by atoms with Crippen LogP contribution in [-0.2, 0) is 13.0 Å². The summed E-state index contributed by atoms with van der Waals surface area (Å²) in [6.45, 7) is 1.01. The zero-order chi connectivity index (χ0) is 8.97. The molecule has 0 aliphatic carbocycles. The van der Waals surface area contributed by atoms with Gasteiger partial charge in [-0.15, -0.1) is 0 Å². The van der Waals surface area contributed by atoms with Crippen molar-refractivity contribution in [1.82, 2.24) is 14.9 Å². The molecular formula is C8H15N3O. The Labute approximate surface area is 72.2 Å². The van der Waals surface area contributed by atoms with Gasteiger partial charge in [0.25, 0.3) is 0 Å². The van der Waals surface area contributed by atoms with Crippen molar-refractivity contribution in [3.8, 4) is 0 Å². The molecule has 0 aromatic carbocycles. The normalized spacial score (nSPS) is 11.0. The number of aromatic amines is 1. The second-order valence-electron chi connectivity index (χ2n) is 3.07. The quantitative estimate of drug-likeness (QED) is 0.667. The molecule has 0 atom stereocenters. The van der Waals surface area contributed by atoms with Crippen LogP contribution in [0.5, 0.6) is 0 Å². The van der Waals surface area contributed by atoms with Gasteiger partial charge in [-0.1, -0.05) is 0 Å². The lowest BCUT2D eigenvalue weighted by Gasteiger charge is -2.06. The van der Waals surface area contributed by atoms with E-state index in [0.717, 1.165) is 24.5 Å². The van der Waals surface area contributed by atoms with Crippen LogP contribution in [0.4, 0.5) is 0 Å². The zero-order valence-corrected chi connectivity index (χ0v) is 7.54. The molecule has 4 heteroatoms. The van der Waals surface area contributed by atoms with Crippen LogP contribution in [0.1, 0.15) is 11.5 Å². The van der Waals surface area contributed by atoms with E-state index in [9.17, 15) is 0 Å². The first-order chi connectivity index (χ1) is 5.72. The van der Waals surface area contributed by atoms with Crippen LogP contribution in [0.3, 0.4) is 0 Å². The second kappa shape index (κ2) is 4.23. The predicted molar refractivity (Wildman–Crippen MR) is 46.8 cm³/mol. The Kier molecular flexibility index (Phi) is 3.25. The standard InChI is InChI=1S/C8H15N3O/c1-11(2)4-3-8-9-5-7(6-12)10-8/h5,12H,3-4,6H2,1-2H3,(H,9,10). The molecule has 0 fully saturated rings. The fourth-order valence-electron chi connectivity index (χ4n) is 0.943. The van der Waals surface area contributed by atoms with Crippen molar-refractivity contribution in [3.63, 3.8) is 0 Å². The van der Waals surface area contributed by atoms with Crippen molar-refractivity contribution in [2.75, 3.05) is 20.6 Å². The maximum Gasteiger partial charge on any atom is 0.107 e. The van der Waals surface area contributed by atoms with Crippen LogP contribution < -0.4 is 0 Å². The number of rotatable bonds is 4. The van der Waals surface area contributed by atoms with Crippen LogP contribution in [0.2, 0.25) is 0 Å². The summed E-state index contributed by atoms with van der Waals surface area (Å²) in [6, 6.07) is 0. The molecule has 0 aliphatic rings. The van der Waals surface area contributed by atoms with Crippen LogP contribution in [0, 0.1) is 0 Å². The van der Waals surface area contributed by atoms with Crippen molar-refractivity contribution < 1.29 is 5.11 Å². The van der Waals surface area contributed by atoms with E-state index in [2.05, 4.69) is 14.9 Å². The summed E-state index contributed by atoms with van der Waals surface area (Å²) in [4.78, 5) is 9.25. The Hall–Kier alpha value is -0.870. The summed E-state index contributed by atoms with van der Waals surface area (Å²) in [5.41, 5.74) is 0.781. The number of aliphatic hydroxyl groups is 1. The van der Waals surface area contributed by atoms with Gasteiger partial charge in [-0.25, -0.2) is 4.98 Å². The monoisotopic (exact) mass is 169 g/mol. The number of aliphatic hydroxyl groups excluding tert-OH is 1. The lowest BCUT2D eigenvalue weighted by atomic mass is 10.4. The Balaban J connectivity index is 2.41. The summed E-state index contributed by atoms with van der Waals surface area (Å²) in [5.74, 6) is 0.938. The van der Waals surface area contributed by atoms with E-state index in [1.165, 1.54) is 0 Å². The second-order valence-corrected chi connectivity index (χ2v) is 3.07. The number of aromatic nitrogens is 2. The zero-order valence-electron chi connectivity index (χ0n) is 7.54. The van der Waals surface area contributed by atoms with E-state index in [4.69, 9.17) is 5.11 Å². The van der Waals surface area contributed by atoms with Crippen molar-refractivity contribution in [3.05, 3.63) is 17.7 Å². The molecule has 68 valence electrons. The minimum Gasteiger partial charge on any atom is -0.390 e. The number of hydrogen-bond acceptors (Lipinski definition) is 3. The highest BCUT2D eigenvalue weighted by molar-refractivity contribution is 4.99. The fourth-order valence-corrected chi connectivity index (χ4v) is 0.943. The smallest absolute Gasteiger partial charge is 0.107 e. The van der Waals surface area contributed by atoms with E-state index < -0.39 is 0 Å². The van der Waals surface area contributed by atoms with Gasteiger partial charge in [-0.3, -0.25) is 0 Å². The van der Waals surface area contributed by atoms with E-state index in [1.807, 2.05) is 14.1 Å². The maximum absolute atomic E-state index is 8.75. The van der Waals surface area contributed by atoms with E-state index in [1.54, 1.807) is 6.20 Å². The summed E-state index contributed by atoms with van der Waals surface area (Å²) in [5, 5.41) is 8.75. The molecule has 1 aromatic rings. The summed E-state index contributed by atoms with van der Waals surface area (Å²) in [6.07, 6.45) is 2.57. The molecule has 0 saturated carbocycles. The van der Waals surface area contributed by atoms with Gasteiger partial charge in [0.15, 0.2) is 0 Å². The van der Waals surface area contributed by atoms with Crippen molar-refractivity contribution in [2.45, 2.75) is 13.0 Å². The molecule has 2 N–H and O–H groups in total. The highest BCUT2D eigenvalue weighted by Crippen LogP contribution is 1.97. The molecule has 0 unspecified atom stereocenters. The van der Waals surface area contributed by atoms with Crippen LogP contribution >= 0.6 is 0 Å². The average molecular weight is 169 g/mol. The molecule has 1 rings (SSSR count). The number of H-pyrrole nitrogens is 1. The molecule has 1 aromatic heterocycles. The first-order valence-corrected chi connectivity index (χ1v) is 4.00. The van der Waals surface area contributed by atoms with Gasteiger partial charge in [0, 0.05) is 13.0 Å². The minimum absolute atomic E-state index is 0.0367. The highest BCUT2D eigenvalue weighted by atomic mass is 16.3. The number of hydrogen-bond donors (Lipinski definition) is 2. The Bertz CT molecular complexity index is 232. The minimum atomic E-state index is 0.0367. The van der Waals surface area contributed by atoms with Gasteiger partial charge in [0.1, 0.15) is 5.82 Å². The van der Waals surface area contributed by atoms with Crippen LogP contribution in [0.25, 0.3) is 0 Å². The Morgan fingerprint density at radius 1 is 1.58 bits per heavy atom. The molecule has 0 amide bonds. The van der Waals surface area contributed by atoms with Crippen molar-refractivity contribution in [2.24, 2.45) is 0 Å². The van der Waals surface area contributed by atoms with Crippen molar-refractivity contribution >= 4 is 0 Å². The molecule has 0 aliphatic heterocycles. The molecule has 0 saturated heterocycles. The Morgan fingerprint density at radius 3 is 2.83 bits per heavy atom. The molecule has 12 heavy (non-hydrogen) atoms. The third-order valence-electron chi connectivity index (χ3n) is 1.65. The number of imidazole rings is 1. The van der Waals surface area contributed by atoms with E-state index in [-0.39, 0.29) is 6.61 Å². The van der Waals surface area contributed by atoms with Crippen molar-refractivity contribution in [1.29, 1.82) is 0 Å². The number of likely N-dealkylation sites (N-methyl/N-ethyl adjacent to an activating group) is 1. The molecule has 1 heterocycles. The van der Waals surface area contributed by atoms with E-state index in [0.29, 0.717) is 0 Å². The summed E-state index contributed by atoms with van der Waals surface area (Å²) < 4.78 is 0.